The molecule has 0 N–H and O–H groups in total. The maximum absolute atomic E-state index is 12.3. The minimum Gasteiger partial charge on any atom is -0.292 e. The minimum atomic E-state index is -4.44. The van der Waals surface area contributed by atoms with Gasteiger partial charge in [0, 0.05) is 5.38 Å². The molecular weight excluding hydrogens is 304 g/mol. The highest BCUT2D eigenvalue weighted by Crippen LogP contribution is 2.40. The number of hydrogen-bond acceptors (Lipinski definition) is 2. The zero-order valence-electron chi connectivity index (χ0n) is 6.49. The average Bonchev–Trinajstić information content (AvgIpc) is 2.45. The van der Waals surface area contributed by atoms with Crippen LogP contribution >= 0.6 is 38.9 Å². The third-order valence-electron chi connectivity index (χ3n) is 1.41. The number of Topliss-reactive ketones (excluding diaryl/α,β-unsaturated/α-hetero) is 1. The summed E-state index contributed by atoms with van der Waals surface area (Å²) in [7, 11) is 0. The molecule has 0 radical (unpaired) electrons. The fraction of sp³-hybridized carbons (Fsp3) is 0.286. The first-order chi connectivity index (χ1) is 6.38. The zero-order valence-corrected chi connectivity index (χ0v) is 9.65. The van der Waals surface area contributed by atoms with E-state index >= 15 is 0 Å². The van der Waals surface area contributed by atoms with E-state index in [2.05, 4.69) is 15.9 Å². The Kier molecular flexibility index (Phi) is 3.60. The first-order valence-electron chi connectivity index (χ1n) is 3.31. The van der Waals surface area contributed by atoms with E-state index in [0.717, 1.165) is 16.7 Å². The molecule has 0 aliphatic heterocycles. The molecule has 0 bridgehead atoms. The van der Waals surface area contributed by atoms with Gasteiger partial charge < -0.3 is 0 Å². The topological polar surface area (TPSA) is 17.1 Å². The lowest BCUT2D eigenvalue weighted by Gasteiger charge is -2.03. The summed E-state index contributed by atoms with van der Waals surface area (Å²) in [6, 6.07) is 0. The maximum atomic E-state index is 12.3. The Bertz CT molecular complexity index is 360. The molecule has 1 rings (SSSR count). The highest BCUT2D eigenvalue weighted by molar-refractivity contribution is 9.10. The van der Waals surface area contributed by atoms with E-state index in [1.165, 1.54) is 0 Å². The fourth-order valence-corrected chi connectivity index (χ4v) is 2.89. The standard InChI is InChI=1S/C7H3BrClF3OS/c8-5-3(7(10,11)12)2-14-6(5)4(13)1-9/h2H,1H2. The maximum Gasteiger partial charge on any atom is 0.418 e. The van der Waals surface area contributed by atoms with E-state index in [4.69, 9.17) is 11.6 Å². The molecule has 1 aromatic rings. The summed E-state index contributed by atoms with van der Waals surface area (Å²) in [6.07, 6.45) is -4.44. The molecule has 0 amide bonds. The number of ketones is 1. The largest absolute Gasteiger partial charge is 0.418 e. The van der Waals surface area contributed by atoms with Crippen LogP contribution in [0.4, 0.5) is 13.2 Å². The summed E-state index contributed by atoms with van der Waals surface area (Å²) in [6.45, 7) is 0. The second-order valence-electron chi connectivity index (χ2n) is 2.35. The zero-order chi connectivity index (χ0) is 10.9. The van der Waals surface area contributed by atoms with Crippen LogP contribution in [0.5, 0.6) is 0 Å². The van der Waals surface area contributed by atoms with E-state index in [9.17, 15) is 18.0 Å². The van der Waals surface area contributed by atoms with Gasteiger partial charge in [0.15, 0.2) is 5.78 Å². The quantitative estimate of drug-likeness (QED) is 0.597. The van der Waals surface area contributed by atoms with Crippen LogP contribution < -0.4 is 0 Å². The van der Waals surface area contributed by atoms with E-state index in [0.29, 0.717) is 0 Å². The Morgan fingerprint density at radius 2 is 2.14 bits per heavy atom. The molecule has 14 heavy (non-hydrogen) atoms. The number of carbonyl (C=O) groups is 1. The van der Waals surface area contributed by atoms with Gasteiger partial charge in [0.2, 0.25) is 0 Å². The molecule has 0 aromatic carbocycles. The van der Waals surface area contributed by atoms with Crippen LogP contribution in [0.2, 0.25) is 0 Å². The summed E-state index contributed by atoms with van der Waals surface area (Å²) in [5.74, 6) is -0.838. The molecule has 0 fully saturated rings. The van der Waals surface area contributed by atoms with Gasteiger partial charge in [-0.25, -0.2) is 0 Å². The van der Waals surface area contributed by atoms with Crippen LogP contribution in [-0.2, 0) is 6.18 Å². The predicted octanol–water partition coefficient (Wildman–Crippen LogP) is 3.95. The van der Waals surface area contributed by atoms with Crippen LogP contribution in [0.1, 0.15) is 15.2 Å². The first-order valence-corrected chi connectivity index (χ1v) is 5.52. The summed E-state index contributed by atoms with van der Waals surface area (Å²) in [4.78, 5) is 11.1. The Morgan fingerprint density at radius 3 is 2.50 bits per heavy atom. The molecule has 0 aliphatic rings. The Labute approximate surface area is 95.0 Å². The van der Waals surface area contributed by atoms with Gasteiger partial charge in [-0.1, -0.05) is 0 Å². The lowest BCUT2D eigenvalue weighted by molar-refractivity contribution is -0.137. The molecular formula is C7H3BrClF3OS. The summed E-state index contributed by atoms with van der Waals surface area (Å²) < 4.78 is 36.6. The van der Waals surface area contributed by atoms with Crippen molar-refractivity contribution >= 4 is 44.7 Å². The normalized spacial score (nSPS) is 11.8. The van der Waals surface area contributed by atoms with Crippen molar-refractivity contribution in [2.75, 3.05) is 5.88 Å². The smallest absolute Gasteiger partial charge is 0.292 e. The molecule has 7 heteroatoms. The van der Waals surface area contributed by atoms with Crippen molar-refractivity contribution in [2.24, 2.45) is 0 Å². The number of rotatable bonds is 2. The van der Waals surface area contributed by atoms with E-state index in [1.807, 2.05) is 0 Å². The van der Waals surface area contributed by atoms with Crippen molar-refractivity contribution in [3.05, 3.63) is 20.3 Å². The summed E-state index contributed by atoms with van der Waals surface area (Å²) in [5.41, 5.74) is -0.837. The van der Waals surface area contributed by atoms with Crippen LogP contribution in [0.25, 0.3) is 0 Å². The number of halogens is 5. The molecule has 1 aromatic heterocycles. The number of hydrogen-bond donors (Lipinski definition) is 0. The number of carbonyl (C=O) groups excluding carboxylic acids is 1. The number of thiophene rings is 1. The highest BCUT2D eigenvalue weighted by Gasteiger charge is 2.35. The van der Waals surface area contributed by atoms with E-state index in [1.54, 1.807) is 0 Å². The first kappa shape index (κ1) is 12.0. The third kappa shape index (κ3) is 2.29. The molecule has 0 spiro atoms. The van der Waals surface area contributed by atoms with Crippen molar-refractivity contribution in [3.8, 4) is 0 Å². The molecule has 0 unspecified atom stereocenters. The van der Waals surface area contributed by atoms with Gasteiger partial charge in [-0.05, 0) is 15.9 Å². The lowest BCUT2D eigenvalue weighted by Crippen LogP contribution is -2.05. The SMILES string of the molecule is O=C(CCl)c1scc(C(F)(F)F)c1Br. The molecule has 0 atom stereocenters. The van der Waals surface area contributed by atoms with Gasteiger partial charge in [0.1, 0.15) is 0 Å². The minimum absolute atomic E-state index is 0.00678. The van der Waals surface area contributed by atoms with E-state index < -0.39 is 17.5 Å². The third-order valence-corrected chi connectivity index (χ3v) is 3.76. The monoisotopic (exact) mass is 306 g/mol. The predicted molar refractivity (Wildman–Crippen MR) is 52.1 cm³/mol. The molecule has 0 saturated carbocycles. The van der Waals surface area contributed by atoms with Gasteiger partial charge in [0.25, 0.3) is 0 Å². The van der Waals surface area contributed by atoms with Crippen molar-refractivity contribution in [3.63, 3.8) is 0 Å². The highest BCUT2D eigenvalue weighted by atomic mass is 79.9. The second kappa shape index (κ2) is 4.20. The summed E-state index contributed by atoms with van der Waals surface area (Å²) in [5, 5.41) is 0.893. The number of alkyl halides is 4. The Hall–Kier alpha value is -0.0700. The average molecular weight is 308 g/mol. The van der Waals surface area contributed by atoms with Crippen LogP contribution in [0.15, 0.2) is 9.85 Å². The molecule has 78 valence electrons. The molecule has 1 nitrogen and oxygen atoms in total. The van der Waals surface area contributed by atoms with Gasteiger partial charge >= 0.3 is 6.18 Å². The van der Waals surface area contributed by atoms with Crippen LogP contribution in [-0.4, -0.2) is 11.7 Å². The Balaban J connectivity index is 3.15. The Morgan fingerprint density at radius 1 is 1.57 bits per heavy atom. The fourth-order valence-electron chi connectivity index (χ4n) is 0.784. The van der Waals surface area contributed by atoms with Gasteiger partial charge in [-0.2, -0.15) is 13.2 Å². The molecule has 0 aliphatic carbocycles. The van der Waals surface area contributed by atoms with E-state index in [-0.39, 0.29) is 15.2 Å². The van der Waals surface area contributed by atoms with Crippen LogP contribution in [0, 0.1) is 0 Å². The lowest BCUT2D eigenvalue weighted by atomic mass is 10.2. The second-order valence-corrected chi connectivity index (χ2v) is 4.29. The summed E-state index contributed by atoms with van der Waals surface area (Å²) >= 11 is 8.71. The molecule has 0 saturated heterocycles. The van der Waals surface area contributed by atoms with Crippen LogP contribution in [0.3, 0.4) is 0 Å². The van der Waals surface area contributed by atoms with Gasteiger partial charge in [0.05, 0.1) is 20.8 Å². The van der Waals surface area contributed by atoms with Crippen molar-refractivity contribution in [1.82, 2.24) is 0 Å². The van der Waals surface area contributed by atoms with Crippen molar-refractivity contribution in [1.29, 1.82) is 0 Å². The van der Waals surface area contributed by atoms with Gasteiger partial charge in [-0.15, -0.1) is 22.9 Å². The van der Waals surface area contributed by atoms with Crippen molar-refractivity contribution < 1.29 is 18.0 Å². The molecule has 1 heterocycles. The van der Waals surface area contributed by atoms with Gasteiger partial charge in [-0.3, -0.25) is 4.79 Å². The van der Waals surface area contributed by atoms with Crippen molar-refractivity contribution in [2.45, 2.75) is 6.18 Å².